The summed E-state index contributed by atoms with van der Waals surface area (Å²) in [5.74, 6) is 0.208. The normalized spacial score (nSPS) is 13.8. The molecule has 25 heavy (non-hydrogen) atoms. The number of nitrogens with zero attached hydrogens (tertiary/aromatic N) is 1. The van der Waals surface area contributed by atoms with Gasteiger partial charge in [0.05, 0.1) is 18.7 Å². The van der Waals surface area contributed by atoms with Crippen molar-refractivity contribution in [1.29, 1.82) is 0 Å². The number of methoxy groups -OCH3 is 1. The molecule has 0 spiro atoms. The summed E-state index contributed by atoms with van der Waals surface area (Å²) in [5, 5.41) is 3.19. The lowest BCUT2D eigenvalue weighted by Crippen LogP contribution is -2.37. The Morgan fingerprint density at radius 3 is 2.72 bits per heavy atom. The van der Waals surface area contributed by atoms with Gasteiger partial charge in [0.15, 0.2) is 0 Å². The van der Waals surface area contributed by atoms with Gasteiger partial charge in [0.1, 0.15) is 5.75 Å². The van der Waals surface area contributed by atoms with Crippen LogP contribution in [0.4, 0.5) is 5.69 Å². The van der Waals surface area contributed by atoms with Crippen molar-refractivity contribution in [2.45, 2.75) is 39.0 Å². The molecule has 0 atom stereocenters. The summed E-state index contributed by atoms with van der Waals surface area (Å²) < 4.78 is 5.09. The highest BCUT2D eigenvalue weighted by Crippen LogP contribution is 2.27. The molecule has 0 saturated heterocycles. The lowest BCUT2D eigenvalue weighted by Gasteiger charge is -2.22. The second kappa shape index (κ2) is 9.47. The zero-order valence-electron chi connectivity index (χ0n) is 14.8. The highest BCUT2D eigenvalue weighted by atomic mass is 35.5. The van der Waals surface area contributed by atoms with Gasteiger partial charge in [0, 0.05) is 19.2 Å². The first-order valence-electron chi connectivity index (χ1n) is 8.56. The number of nitrogens with one attached hydrogen (secondary N) is 1. The van der Waals surface area contributed by atoms with Crippen LogP contribution in [0.15, 0.2) is 29.8 Å². The predicted octanol–water partition coefficient (Wildman–Crippen LogP) is 4.03. The van der Waals surface area contributed by atoms with E-state index in [1.165, 1.54) is 32.4 Å². The third-order valence-corrected chi connectivity index (χ3v) is 4.60. The molecule has 1 aliphatic carbocycles. The molecule has 1 aliphatic rings. The van der Waals surface area contributed by atoms with Gasteiger partial charge >= 0.3 is 0 Å². The molecule has 1 aromatic rings. The molecule has 2 amide bonds. The number of hydrogen-bond acceptors (Lipinski definition) is 3. The lowest BCUT2D eigenvalue weighted by atomic mass is 9.97. The Balaban J connectivity index is 1.89. The number of rotatable bonds is 7. The fraction of sp³-hybridized carbons (Fsp3) is 0.474. The first-order valence-corrected chi connectivity index (χ1v) is 8.94. The van der Waals surface area contributed by atoms with Crippen molar-refractivity contribution in [2.75, 3.05) is 25.5 Å². The zero-order valence-corrected chi connectivity index (χ0v) is 15.6. The van der Waals surface area contributed by atoms with Gasteiger partial charge in [-0.1, -0.05) is 23.3 Å². The van der Waals surface area contributed by atoms with Crippen LogP contribution in [0, 0.1) is 0 Å². The molecular formula is C19H25ClN2O3. The van der Waals surface area contributed by atoms with E-state index in [9.17, 15) is 9.59 Å². The van der Waals surface area contributed by atoms with Crippen molar-refractivity contribution in [2.24, 2.45) is 0 Å². The molecule has 2 rings (SSSR count). The van der Waals surface area contributed by atoms with E-state index in [2.05, 4.69) is 11.4 Å². The minimum atomic E-state index is -0.242. The molecule has 0 aliphatic heterocycles. The van der Waals surface area contributed by atoms with E-state index in [0.717, 1.165) is 19.3 Å². The number of halogens is 1. The van der Waals surface area contributed by atoms with Crippen LogP contribution in [0.3, 0.4) is 0 Å². The monoisotopic (exact) mass is 364 g/mol. The summed E-state index contributed by atoms with van der Waals surface area (Å²) in [4.78, 5) is 25.7. The summed E-state index contributed by atoms with van der Waals surface area (Å²) in [6, 6.07) is 5.03. The van der Waals surface area contributed by atoms with E-state index < -0.39 is 0 Å². The van der Waals surface area contributed by atoms with Crippen LogP contribution < -0.4 is 10.1 Å². The van der Waals surface area contributed by atoms with Crippen LogP contribution in [0.2, 0.25) is 5.02 Å². The highest BCUT2D eigenvalue weighted by molar-refractivity contribution is 6.32. The molecular weight excluding hydrogens is 340 g/mol. The number of amides is 2. The number of hydrogen-bond donors (Lipinski definition) is 1. The summed E-state index contributed by atoms with van der Waals surface area (Å²) in [6.07, 6.45) is 7.77. The van der Waals surface area contributed by atoms with Crippen LogP contribution in [0.5, 0.6) is 5.75 Å². The van der Waals surface area contributed by atoms with E-state index in [1.807, 2.05) is 0 Å². The maximum atomic E-state index is 12.3. The minimum Gasteiger partial charge on any atom is -0.495 e. The van der Waals surface area contributed by atoms with Crippen molar-refractivity contribution in [3.05, 3.63) is 34.9 Å². The summed E-state index contributed by atoms with van der Waals surface area (Å²) >= 11 is 6.06. The quantitative estimate of drug-likeness (QED) is 0.743. The topological polar surface area (TPSA) is 58.6 Å². The Bertz CT molecular complexity index is 658. The van der Waals surface area contributed by atoms with Gasteiger partial charge in [-0.2, -0.15) is 0 Å². The number of ether oxygens (including phenoxy) is 1. The lowest BCUT2D eigenvalue weighted by molar-refractivity contribution is -0.132. The van der Waals surface area contributed by atoms with E-state index in [0.29, 0.717) is 23.0 Å². The Kier molecular flexibility index (Phi) is 7.31. The highest BCUT2D eigenvalue weighted by Gasteiger charge is 2.15. The van der Waals surface area contributed by atoms with Crippen molar-refractivity contribution in [3.8, 4) is 5.75 Å². The number of allylic oxidation sites excluding steroid dienone is 1. The van der Waals surface area contributed by atoms with E-state index in [4.69, 9.17) is 16.3 Å². The molecule has 0 heterocycles. The number of benzene rings is 1. The van der Waals surface area contributed by atoms with E-state index in [-0.39, 0.29) is 18.4 Å². The average molecular weight is 365 g/mol. The second-order valence-corrected chi connectivity index (χ2v) is 6.60. The fourth-order valence-corrected chi connectivity index (χ4v) is 3.13. The van der Waals surface area contributed by atoms with Gasteiger partial charge in [-0.3, -0.25) is 9.59 Å². The molecule has 136 valence electrons. The van der Waals surface area contributed by atoms with Crippen molar-refractivity contribution in [3.63, 3.8) is 0 Å². The molecule has 1 N–H and O–H groups in total. The van der Waals surface area contributed by atoms with E-state index in [1.54, 1.807) is 23.1 Å². The first kappa shape index (κ1) is 19.3. The maximum Gasteiger partial charge on any atom is 0.243 e. The summed E-state index contributed by atoms with van der Waals surface area (Å²) in [6.45, 7) is 2.09. The van der Waals surface area contributed by atoms with Crippen molar-refractivity contribution < 1.29 is 14.3 Å². The summed E-state index contributed by atoms with van der Waals surface area (Å²) in [7, 11) is 1.53. The van der Waals surface area contributed by atoms with Crippen LogP contribution in [-0.4, -0.2) is 36.9 Å². The third kappa shape index (κ3) is 6.09. The van der Waals surface area contributed by atoms with Gasteiger partial charge in [0.25, 0.3) is 0 Å². The SMILES string of the molecule is COc1ccc(NC(=O)CN(CCC2=CCCCC2)C(C)=O)cc1Cl. The molecule has 0 bridgehead atoms. The molecule has 1 aromatic carbocycles. The van der Waals surface area contributed by atoms with Gasteiger partial charge in [-0.25, -0.2) is 0 Å². The molecule has 0 unspecified atom stereocenters. The first-order chi connectivity index (χ1) is 12.0. The number of carbonyl (C=O) groups is 2. The Hall–Kier alpha value is -2.01. The van der Waals surface area contributed by atoms with Gasteiger partial charge in [-0.15, -0.1) is 0 Å². The molecule has 0 aromatic heterocycles. The van der Waals surface area contributed by atoms with Crippen molar-refractivity contribution in [1.82, 2.24) is 4.90 Å². The Labute approximate surface area is 154 Å². The smallest absolute Gasteiger partial charge is 0.243 e. The van der Waals surface area contributed by atoms with Crippen LogP contribution in [0.25, 0.3) is 0 Å². The summed E-state index contributed by atoms with van der Waals surface area (Å²) in [5.41, 5.74) is 1.97. The molecule has 0 fully saturated rings. The number of anilines is 1. The average Bonchev–Trinajstić information content (AvgIpc) is 2.59. The van der Waals surface area contributed by atoms with Crippen LogP contribution in [0.1, 0.15) is 39.0 Å². The second-order valence-electron chi connectivity index (χ2n) is 6.20. The van der Waals surface area contributed by atoms with Gasteiger partial charge in [0.2, 0.25) is 11.8 Å². The minimum absolute atomic E-state index is 0.0340. The van der Waals surface area contributed by atoms with Gasteiger partial charge in [-0.05, 0) is 50.3 Å². The maximum absolute atomic E-state index is 12.3. The number of carbonyl (C=O) groups excluding carboxylic acids is 2. The Morgan fingerprint density at radius 1 is 1.32 bits per heavy atom. The molecule has 6 heteroatoms. The van der Waals surface area contributed by atoms with Crippen LogP contribution in [-0.2, 0) is 9.59 Å². The van der Waals surface area contributed by atoms with Gasteiger partial charge < -0.3 is 15.0 Å². The molecule has 0 radical (unpaired) electrons. The van der Waals surface area contributed by atoms with E-state index >= 15 is 0 Å². The molecule has 0 saturated carbocycles. The Morgan fingerprint density at radius 2 is 2.12 bits per heavy atom. The predicted molar refractivity (Wildman–Crippen MR) is 100 cm³/mol. The standard InChI is InChI=1S/C19H25ClN2O3/c1-14(23)22(11-10-15-6-4-3-5-7-15)13-19(24)21-16-8-9-18(25-2)17(20)12-16/h6,8-9,12H,3-5,7,10-11,13H2,1-2H3,(H,21,24). The molecule has 5 nitrogen and oxygen atoms in total. The van der Waals surface area contributed by atoms with Crippen LogP contribution >= 0.6 is 11.6 Å². The zero-order chi connectivity index (χ0) is 18.2. The fourth-order valence-electron chi connectivity index (χ4n) is 2.88. The third-order valence-electron chi connectivity index (χ3n) is 4.30. The van der Waals surface area contributed by atoms with Crippen molar-refractivity contribution >= 4 is 29.1 Å². The largest absolute Gasteiger partial charge is 0.495 e.